The second-order valence-corrected chi connectivity index (χ2v) is 5.91. The Bertz CT molecular complexity index is 670. The molecule has 0 radical (unpaired) electrons. The molecule has 0 saturated carbocycles. The van der Waals surface area contributed by atoms with Gasteiger partial charge in [-0.15, -0.1) is 0 Å². The second-order valence-electron chi connectivity index (χ2n) is 4.99. The molecule has 0 unspecified atom stereocenters. The van der Waals surface area contributed by atoms with E-state index in [1.807, 2.05) is 31.3 Å². The Hall–Kier alpha value is -2.01. The number of anilines is 1. The number of oxime groups is 1. The zero-order valence-electron chi connectivity index (χ0n) is 12.0. The van der Waals surface area contributed by atoms with Gasteiger partial charge in [-0.3, -0.25) is 0 Å². The molecule has 0 amide bonds. The van der Waals surface area contributed by atoms with Crippen molar-refractivity contribution in [1.82, 2.24) is 0 Å². The number of halogens is 1. The van der Waals surface area contributed by atoms with Crippen molar-refractivity contribution in [3.05, 3.63) is 63.6 Å². The van der Waals surface area contributed by atoms with Crippen molar-refractivity contribution in [2.45, 2.75) is 13.5 Å². The molecule has 0 spiro atoms. The zero-order valence-corrected chi connectivity index (χ0v) is 13.6. The first-order valence-electron chi connectivity index (χ1n) is 6.55. The fourth-order valence-electron chi connectivity index (χ4n) is 2.27. The van der Waals surface area contributed by atoms with E-state index >= 15 is 0 Å². The van der Waals surface area contributed by atoms with E-state index in [4.69, 9.17) is 10.9 Å². The van der Waals surface area contributed by atoms with Gasteiger partial charge in [-0.05, 0) is 30.7 Å². The van der Waals surface area contributed by atoms with Crippen LogP contribution in [0.2, 0.25) is 0 Å². The second kappa shape index (κ2) is 6.63. The summed E-state index contributed by atoms with van der Waals surface area (Å²) in [7, 11) is 1.99. The lowest BCUT2D eigenvalue weighted by Gasteiger charge is -2.22. The number of hydrogen-bond acceptors (Lipinski definition) is 3. The summed E-state index contributed by atoms with van der Waals surface area (Å²) >= 11 is 3.41. The van der Waals surface area contributed by atoms with Crippen molar-refractivity contribution >= 4 is 27.5 Å². The molecular formula is C16H18BrN3O. The summed E-state index contributed by atoms with van der Waals surface area (Å²) in [6.07, 6.45) is 0. The van der Waals surface area contributed by atoms with Gasteiger partial charge < -0.3 is 15.8 Å². The van der Waals surface area contributed by atoms with E-state index in [9.17, 15) is 0 Å². The molecule has 0 aromatic heterocycles. The van der Waals surface area contributed by atoms with Gasteiger partial charge in [-0.25, -0.2) is 0 Å². The summed E-state index contributed by atoms with van der Waals surface area (Å²) in [5, 5.41) is 12.1. The molecule has 4 nitrogen and oxygen atoms in total. The van der Waals surface area contributed by atoms with Gasteiger partial charge >= 0.3 is 0 Å². The van der Waals surface area contributed by atoms with E-state index in [1.54, 1.807) is 0 Å². The third kappa shape index (κ3) is 3.76. The first-order chi connectivity index (χ1) is 10.0. The fourth-order valence-corrected chi connectivity index (χ4v) is 2.63. The minimum absolute atomic E-state index is 0.0994. The summed E-state index contributed by atoms with van der Waals surface area (Å²) in [4.78, 5) is 2.08. The number of aryl methyl sites for hydroxylation is 1. The summed E-state index contributed by atoms with van der Waals surface area (Å²) < 4.78 is 0.886. The fraction of sp³-hybridized carbons (Fsp3) is 0.188. The van der Waals surface area contributed by atoms with Crippen LogP contribution in [0.4, 0.5) is 5.69 Å². The van der Waals surface area contributed by atoms with Crippen LogP contribution in [0.15, 0.2) is 52.1 Å². The van der Waals surface area contributed by atoms with E-state index in [0.717, 1.165) is 16.7 Å². The van der Waals surface area contributed by atoms with E-state index in [1.165, 1.54) is 11.1 Å². The summed E-state index contributed by atoms with van der Waals surface area (Å²) in [6, 6.07) is 14.1. The molecule has 0 bridgehead atoms. The van der Waals surface area contributed by atoms with Gasteiger partial charge in [0.2, 0.25) is 0 Å². The Morgan fingerprint density at radius 3 is 2.71 bits per heavy atom. The SMILES string of the molecule is Cc1cccc(CN(C)c2ccc(Br)cc2/C(N)=N/O)c1. The van der Waals surface area contributed by atoms with Gasteiger partial charge in [0.25, 0.3) is 0 Å². The van der Waals surface area contributed by atoms with Crippen LogP contribution >= 0.6 is 15.9 Å². The number of benzene rings is 2. The Kier molecular flexibility index (Phi) is 4.85. The van der Waals surface area contributed by atoms with E-state index in [-0.39, 0.29) is 5.84 Å². The lowest BCUT2D eigenvalue weighted by molar-refractivity contribution is 0.318. The highest BCUT2D eigenvalue weighted by atomic mass is 79.9. The maximum atomic E-state index is 8.94. The average Bonchev–Trinajstić information content (AvgIpc) is 2.46. The van der Waals surface area contributed by atoms with Gasteiger partial charge in [-0.1, -0.05) is 50.9 Å². The number of nitrogens with two attached hydrogens (primary N) is 1. The average molecular weight is 348 g/mol. The van der Waals surface area contributed by atoms with Crippen LogP contribution in [-0.4, -0.2) is 18.1 Å². The lowest BCUT2D eigenvalue weighted by atomic mass is 10.1. The Morgan fingerprint density at radius 2 is 2.05 bits per heavy atom. The predicted octanol–water partition coefficient (Wildman–Crippen LogP) is 3.49. The number of rotatable bonds is 4. The molecule has 0 aliphatic rings. The van der Waals surface area contributed by atoms with Gasteiger partial charge in [0.1, 0.15) is 0 Å². The van der Waals surface area contributed by atoms with Crippen LogP contribution in [0.25, 0.3) is 0 Å². The molecule has 0 aliphatic carbocycles. The molecule has 2 aromatic rings. The predicted molar refractivity (Wildman–Crippen MR) is 89.9 cm³/mol. The molecule has 0 aliphatic heterocycles. The first-order valence-corrected chi connectivity index (χ1v) is 7.34. The zero-order chi connectivity index (χ0) is 15.4. The van der Waals surface area contributed by atoms with Crippen LogP contribution in [0.1, 0.15) is 16.7 Å². The molecular weight excluding hydrogens is 330 g/mol. The van der Waals surface area contributed by atoms with E-state index < -0.39 is 0 Å². The normalized spacial score (nSPS) is 11.5. The third-order valence-electron chi connectivity index (χ3n) is 3.26. The van der Waals surface area contributed by atoms with Crippen molar-refractivity contribution in [1.29, 1.82) is 0 Å². The van der Waals surface area contributed by atoms with Crippen LogP contribution in [-0.2, 0) is 6.54 Å². The Balaban J connectivity index is 2.33. The Morgan fingerprint density at radius 1 is 1.29 bits per heavy atom. The summed E-state index contributed by atoms with van der Waals surface area (Å²) in [5.74, 6) is 0.0994. The summed E-state index contributed by atoms with van der Waals surface area (Å²) in [6.45, 7) is 2.82. The molecule has 110 valence electrons. The number of nitrogens with zero attached hydrogens (tertiary/aromatic N) is 2. The van der Waals surface area contributed by atoms with Crippen molar-refractivity contribution in [2.75, 3.05) is 11.9 Å². The van der Waals surface area contributed by atoms with Crippen LogP contribution in [0.5, 0.6) is 0 Å². The molecule has 2 rings (SSSR count). The maximum Gasteiger partial charge on any atom is 0.172 e. The third-order valence-corrected chi connectivity index (χ3v) is 3.75. The number of hydrogen-bond donors (Lipinski definition) is 2. The van der Waals surface area contributed by atoms with Gasteiger partial charge in [0.15, 0.2) is 5.84 Å². The van der Waals surface area contributed by atoms with E-state index in [2.05, 4.69) is 51.1 Å². The monoisotopic (exact) mass is 347 g/mol. The van der Waals surface area contributed by atoms with Crippen LogP contribution in [0, 0.1) is 6.92 Å². The highest BCUT2D eigenvalue weighted by Crippen LogP contribution is 2.25. The maximum absolute atomic E-state index is 8.94. The molecule has 21 heavy (non-hydrogen) atoms. The molecule has 5 heteroatoms. The Labute approximate surface area is 133 Å². The highest BCUT2D eigenvalue weighted by molar-refractivity contribution is 9.10. The molecule has 0 heterocycles. The van der Waals surface area contributed by atoms with Crippen molar-refractivity contribution in [2.24, 2.45) is 10.9 Å². The molecule has 0 atom stereocenters. The standard InChI is InChI=1S/C16H18BrN3O/c1-11-4-3-5-12(8-11)10-20(2)15-7-6-13(17)9-14(15)16(18)19-21/h3-9,21H,10H2,1-2H3,(H2,18,19). The topological polar surface area (TPSA) is 61.8 Å². The number of amidine groups is 1. The van der Waals surface area contributed by atoms with E-state index in [0.29, 0.717) is 5.56 Å². The van der Waals surface area contributed by atoms with Gasteiger partial charge in [-0.2, -0.15) is 0 Å². The lowest BCUT2D eigenvalue weighted by Crippen LogP contribution is -2.22. The molecule has 0 fully saturated rings. The van der Waals surface area contributed by atoms with Crippen LogP contribution < -0.4 is 10.6 Å². The largest absolute Gasteiger partial charge is 0.409 e. The van der Waals surface area contributed by atoms with Gasteiger partial charge in [0.05, 0.1) is 0 Å². The summed E-state index contributed by atoms with van der Waals surface area (Å²) in [5.41, 5.74) is 9.82. The first kappa shape index (κ1) is 15.4. The highest BCUT2D eigenvalue weighted by Gasteiger charge is 2.12. The quantitative estimate of drug-likeness (QED) is 0.385. The smallest absolute Gasteiger partial charge is 0.172 e. The molecule has 0 saturated heterocycles. The van der Waals surface area contributed by atoms with Gasteiger partial charge in [0, 0.05) is 29.3 Å². The minimum Gasteiger partial charge on any atom is -0.409 e. The molecule has 2 aromatic carbocycles. The molecule has 3 N–H and O–H groups in total. The van der Waals surface area contributed by atoms with Crippen molar-refractivity contribution in [3.8, 4) is 0 Å². The van der Waals surface area contributed by atoms with Crippen LogP contribution in [0.3, 0.4) is 0 Å². The minimum atomic E-state index is 0.0994. The van der Waals surface area contributed by atoms with Crippen molar-refractivity contribution < 1.29 is 5.21 Å². The van der Waals surface area contributed by atoms with Crippen molar-refractivity contribution in [3.63, 3.8) is 0 Å².